The van der Waals surface area contributed by atoms with Crippen LogP contribution in [0.1, 0.15) is 96.1 Å². The van der Waals surface area contributed by atoms with E-state index in [2.05, 4.69) is 16.9 Å². The second kappa shape index (κ2) is 21.0. The second-order valence-corrected chi connectivity index (χ2v) is 8.81. The molecule has 0 aliphatic heterocycles. The quantitative estimate of drug-likeness (QED) is 0.150. The van der Waals surface area contributed by atoms with Gasteiger partial charge in [-0.15, -0.1) is 0 Å². The minimum Gasteiger partial charge on any atom is -0.480 e. The summed E-state index contributed by atoms with van der Waals surface area (Å²) < 4.78 is 0. The van der Waals surface area contributed by atoms with E-state index < -0.39 is 30.3 Å². The molecule has 1 rings (SSSR count). The summed E-state index contributed by atoms with van der Waals surface area (Å²) in [5.74, 6) is -1.00. The molecule has 1 aromatic rings. The standard InChI is InChI=1S/C18H39NO3.C6H9N3O2/c1-2-3-4-5-6-7-8-9-10-11-12-13-14-17(21)18(22)16(19)15-20;7-5(6(10)11)1-4-2-8-3-9-4/h16-18,20-22H,2-15,19H2,1H3;2-3,5H,1,7H2,(H,8,9)(H,10,11). The summed E-state index contributed by atoms with van der Waals surface area (Å²) in [7, 11) is 0. The normalized spacial score (nSPS) is 14.7. The lowest BCUT2D eigenvalue weighted by molar-refractivity contribution is -0.138. The number of aromatic nitrogens is 2. The minimum atomic E-state index is -1.02. The maximum absolute atomic E-state index is 10.3. The maximum Gasteiger partial charge on any atom is 0.320 e. The molecule has 0 spiro atoms. The van der Waals surface area contributed by atoms with E-state index in [0.717, 1.165) is 18.5 Å². The molecule has 0 bridgehead atoms. The van der Waals surface area contributed by atoms with Gasteiger partial charge in [-0.05, 0) is 6.42 Å². The predicted octanol–water partition coefficient (Wildman–Crippen LogP) is 2.48. The van der Waals surface area contributed by atoms with Crippen LogP contribution in [0.4, 0.5) is 0 Å². The Morgan fingerprint density at radius 2 is 1.48 bits per heavy atom. The first-order valence-electron chi connectivity index (χ1n) is 12.5. The molecule has 0 aliphatic carbocycles. The van der Waals surface area contributed by atoms with Gasteiger partial charge in [0.2, 0.25) is 0 Å². The van der Waals surface area contributed by atoms with E-state index in [4.69, 9.17) is 21.7 Å². The summed E-state index contributed by atoms with van der Waals surface area (Å²) in [6, 6.07) is -1.59. The van der Waals surface area contributed by atoms with Gasteiger partial charge in [-0.2, -0.15) is 0 Å². The van der Waals surface area contributed by atoms with Crippen molar-refractivity contribution in [3.05, 3.63) is 18.2 Å². The van der Waals surface area contributed by atoms with Gasteiger partial charge in [-0.25, -0.2) is 4.98 Å². The first kappa shape index (κ1) is 31.5. The number of H-pyrrole nitrogens is 1. The Morgan fingerprint density at radius 3 is 1.91 bits per heavy atom. The lowest BCUT2D eigenvalue weighted by Crippen LogP contribution is -2.45. The largest absolute Gasteiger partial charge is 0.480 e. The zero-order valence-electron chi connectivity index (χ0n) is 20.4. The number of carboxylic acids is 1. The predicted molar refractivity (Wildman–Crippen MR) is 131 cm³/mol. The van der Waals surface area contributed by atoms with Crippen molar-refractivity contribution in [1.29, 1.82) is 0 Å². The van der Waals surface area contributed by atoms with E-state index in [9.17, 15) is 15.0 Å². The van der Waals surface area contributed by atoms with Crippen LogP contribution in [-0.2, 0) is 11.2 Å². The van der Waals surface area contributed by atoms with Crippen LogP contribution in [0.25, 0.3) is 0 Å². The van der Waals surface area contributed by atoms with Crippen LogP contribution in [0.5, 0.6) is 0 Å². The lowest BCUT2D eigenvalue weighted by atomic mass is 10.00. The Balaban J connectivity index is 0.000000771. The Labute approximate surface area is 199 Å². The molecule has 4 unspecified atom stereocenters. The molecular formula is C24H48N4O5. The Bertz CT molecular complexity index is 559. The highest BCUT2D eigenvalue weighted by molar-refractivity contribution is 5.73. The molecule has 0 aliphatic rings. The SMILES string of the molecule is CCCCCCCCCCCCCCC(O)C(O)C(N)CO.NC(Cc1cnc[nH]1)C(=O)O. The molecule has 0 radical (unpaired) electrons. The van der Waals surface area contributed by atoms with Gasteiger partial charge in [0, 0.05) is 18.3 Å². The van der Waals surface area contributed by atoms with Crippen molar-refractivity contribution in [2.45, 2.75) is 121 Å². The number of carboxylic acid groups (broad SMARTS) is 1. The Hall–Kier alpha value is -1.52. The number of aliphatic carboxylic acids is 1. The van der Waals surface area contributed by atoms with Gasteiger partial charge in [0.15, 0.2) is 0 Å². The summed E-state index contributed by atoms with van der Waals surface area (Å²) in [5.41, 5.74) is 11.5. The second-order valence-electron chi connectivity index (χ2n) is 8.81. The molecular weight excluding hydrogens is 424 g/mol. The molecule has 9 N–H and O–H groups in total. The van der Waals surface area contributed by atoms with Crippen molar-refractivity contribution in [1.82, 2.24) is 9.97 Å². The lowest BCUT2D eigenvalue weighted by Gasteiger charge is -2.22. The molecule has 194 valence electrons. The van der Waals surface area contributed by atoms with E-state index in [-0.39, 0.29) is 13.0 Å². The molecule has 1 heterocycles. The molecule has 9 nitrogen and oxygen atoms in total. The number of hydrogen-bond acceptors (Lipinski definition) is 7. The highest BCUT2D eigenvalue weighted by Gasteiger charge is 2.22. The van der Waals surface area contributed by atoms with E-state index in [1.165, 1.54) is 70.5 Å². The number of aliphatic hydroxyl groups excluding tert-OH is 3. The van der Waals surface area contributed by atoms with E-state index >= 15 is 0 Å². The number of aliphatic hydroxyl groups is 3. The number of imidazole rings is 1. The number of nitrogens with one attached hydrogen (secondary N) is 1. The first-order chi connectivity index (χ1) is 15.8. The molecule has 1 aromatic heterocycles. The number of nitrogens with two attached hydrogens (primary N) is 2. The third kappa shape index (κ3) is 17.6. The monoisotopic (exact) mass is 472 g/mol. The molecule has 0 saturated carbocycles. The van der Waals surface area contributed by atoms with Crippen molar-refractivity contribution in [2.24, 2.45) is 11.5 Å². The average molecular weight is 473 g/mol. The highest BCUT2D eigenvalue weighted by atomic mass is 16.4. The van der Waals surface area contributed by atoms with Crippen molar-refractivity contribution in [2.75, 3.05) is 6.61 Å². The Kier molecular flexibility index (Phi) is 20.1. The first-order valence-corrected chi connectivity index (χ1v) is 12.5. The average Bonchev–Trinajstić information content (AvgIpc) is 3.32. The zero-order valence-corrected chi connectivity index (χ0v) is 20.4. The number of rotatable bonds is 19. The van der Waals surface area contributed by atoms with Crippen molar-refractivity contribution < 1.29 is 25.2 Å². The van der Waals surface area contributed by atoms with Crippen LogP contribution in [0.15, 0.2) is 12.5 Å². The number of unbranched alkanes of at least 4 members (excludes halogenated alkanes) is 11. The summed E-state index contributed by atoms with van der Waals surface area (Å²) in [6.07, 6.45) is 17.4. The van der Waals surface area contributed by atoms with Crippen LogP contribution in [0.3, 0.4) is 0 Å². The fourth-order valence-electron chi connectivity index (χ4n) is 3.48. The molecule has 0 saturated heterocycles. The van der Waals surface area contributed by atoms with Crippen LogP contribution in [-0.4, -0.2) is 67.3 Å². The number of hydrogen-bond donors (Lipinski definition) is 7. The van der Waals surface area contributed by atoms with Crippen LogP contribution in [0, 0.1) is 0 Å². The summed E-state index contributed by atoms with van der Waals surface area (Å²) in [6.45, 7) is 1.96. The van der Waals surface area contributed by atoms with Crippen LogP contribution in [0.2, 0.25) is 0 Å². The fraction of sp³-hybridized carbons (Fsp3) is 0.833. The van der Waals surface area contributed by atoms with Crippen LogP contribution >= 0.6 is 0 Å². The number of aromatic amines is 1. The van der Waals surface area contributed by atoms with Gasteiger partial charge in [-0.1, -0.05) is 84.0 Å². The number of nitrogens with zero attached hydrogens (tertiary/aromatic N) is 1. The summed E-state index contributed by atoms with van der Waals surface area (Å²) >= 11 is 0. The van der Waals surface area contributed by atoms with E-state index in [1.807, 2.05) is 0 Å². The van der Waals surface area contributed by atoms with E-state index in [0.29, 0.717) is 6.42 Å². The summed E-state index contributed by atoms with van der Waals surface area (Å²) in [4.78, 5) is 16.8. The third-order valence-corrected chi connectivity index (χ3v) is 5.71. The molecule has 0 fully saturated rings. The van der Waals surface area contributed by atoms with Gasteiger partial charge in [0.25, 0.3) is 0 Å². The third-order valence-electron chi connectivity index (χ3n) is 5.71. The minimum absolute atomic E-state index is 0.287. The smallest absolute Gasteiger partial charge is 0.320 e. The van der Waals surface area contributed by atoms with Crippen LogP contribution < -0.4 is 11.5 Å². The van der Waals surface area contributed by atoms with Gasteiger partial charge < -0.3 is 36.9 Å². The Morgan fingerprint density at radius 1 is 0.970 bits per heavy atom. The molecule has 0 amide bonds. The molecule has 9 heteroatoms. The summed E-state index contributed by atoms with van der Waals surface area (Å²) in [5, 5.41) is 36.6. The van der Waals surface area contributed by atoms with Crippen molar-refractivity contribution in [3.63, 3.8) is 0 Å². The van der Waals surface area contributed by atoms with Gasteiger partial charge >= 0.3 is 5.97 Å². The maximum atomic E-state index is 10.3. The van der Waals surface area contributed by atoms with Crippen molar-refractivity contribution in [3.8, 4) is 0 Å². The van der Waals surface area contributed by atoms with Gasteiger partial charge in [0.05, 0.1) is 31.2 Å². The number of carbonyl (C=O) groups is 1. The van der Waals surface area contributed by atoms with E-state index in [1.54, 1.807) is 6.20 Å². The molecule has 4 atom stereocenters. The molecule has 33 heavy (non-hydrogen) atoms. The topological polar surface area (TPSA) is 179 Å². The molecule has 0 aromatic carbocycles. The zero-order chi connectivity index (χ0) is 24.9. The highest BCUT2D eigenvalue weighted by Crippen LogP contribution is 2.14. The van der Waals surface area contributed by atoms with Gasteiger partial charge in [0.1, 0.15) is 6.04 Å². The van der Waals surface area contributed by atoms with Gasteiger partial charge in [-0.3, -0.25) is 4.79 Å². The van der Waals surface area contributed by atoms with Crippen molar-refractivity contribution >= 4 is 5.97 Å². The fourth-order valence-corrected chi connectivity index (χ4v) is 3.48.